The molecule has 102 valence electrons. The molecule has 0 fully saturated rings. The predicted octanol–water partition coefficient (Wildman–Crippen LogP) is 2.42. The summed E-state index contributed by atoms with van der Waals surface area (Å²) in [7, 11) is 1.92. The van der Waals surface area contributed by atoms with Crippen molar-refractivity contribution in [2.45, 2.75) is 18.9 Å². The zero-order valence-corrected chi connectivity index (χ0v) is 11.6. The van der Waals surface area contributed by atoms with Gasteiger partial charge in [0.15, 0.2) is 0 Å². The van der Waals surface area contributed by atoms with Crippen molar-refractivity contribution in [3.8, 4) is 0 Å². The third-order valence-corrected chi connectivity index (χ3v) is 3.63. The molecular formula is C16H17N3O. The number of aliphatic hydroxyl groups is 1. The second kappa shape index (κ2) is 4.72. The van der Waals surface area contributed by atoms with Crippen LogP contribution in [0.2, 0.25) is 0 Å². The zero-order chi connectivity index (χ0) is 14.2. The summed E-state index contributed by atoms with van der Waals surface area (Å²) in [5, 5.41) is 16.3. The number of aryl methyl sites for hydroxylation is 1. The quantitative estimate of drug-likeness (QED) is 0.793. The van der Waals surface area contributed by atoms with Gasteiger partial charge in [-0.25, -0.2) is 0 Å². The molecule has 0 amide bonds. The van der Waals surface area contributed by atoms with E-state index in [1.807, 2.05) is 48.1 Å². The Kier molecular flexibility index (Phi) is 3.03. The van der Waals surface area contributed by atoms with Gasteiger partial charge in [0.05, 0.1) is 16.8 Å². The van der Waals surface area contributed by atoms with Gasteiger partial charge in [0.25, 0.3) is 0 Å². The lowest BCUT2D eigenvalue weighted by atomic mass is 9.91. The summed E-state index contributed by atoms with van der Waals surface area (Å²) in [5.74, 6) is 0. The molecule has 0 aliphatic rings. The van der Waals surface area contributed by atoms with Crippen LogP contribution in [0.1, 0.15) is 18.2 Å². The Morgan fingerprint density at radius 1 is 1.20 bits per heavy atom. The minimum atomic E-state index is -0.981. The monoisotopic (exact) mass is 267 g/mol. The van der Waals surface area contributed by atoms with E-state index in [-0.39, 0.29) is 0 Å². The third-order valence-electron chi connectivity index (χ3n) is 3.63. The number of rotatable bonds is 3. The highest BCUT2D eigenvalue weighted by Gasteiger charge is 2.26. The van der Waals surface area contributed by atoms with Crippen LogP contribution in [0, 0.1) is 0 Å². The number of fused-ring (bicyclic) bond motifs is 1. The number of benzene rings is 1. The van der Waals surface area contributed by atoms with Crippen LogP contribution in [-0.2, 0) is 19.1 Å². The molecule has 3 rings (SSSR count). The van der Waals surface area contributed by atoms with E-state index in [2.05, 4.69) is 10.1 Å². The van der Waals surface area contributed by atoms with E-state index in [1.54, 1.807) is 19.3 Å². The van der Waals surface area contributed by atoms with Gasteiger partial charge in [-0.2, -0.15) is 5.10 Å². The molecule has 4 nitrogen and oxygen atoms in total. The molecule has 1 atom stereocenters. The second-order valence-corrected chi connectivity index (χ2v) is 5.28. The largest absolute Gasteiger partial charge is 0.385 e. The molecule has 1 unspecified atom stereocenters. The first kappa shape index (κ1) is 12.8. The number of hydrogen-bond acceptors (Lipinski definition) is 3. The highest BCUT2D eigenvalue weighted by atomic mass is 16.3. The maximum absolute atomic E-state index is 10.7. The summed E-state index contributed by atoms with van der Waals surface area (Å²) >= 11 is 0. The Hall–Kier alpha value is -2.20. The van der Waals surface area contributed by atoms with Crippen molar-refractivity contribution in [2.24, 2.45) is 7.05 Å². The van der Waals surface area contributed by atoms with Gasteiger partial charge in [-0.3, -0.25) is 9.67 Å². The average molecular weight is 267 g/mol. The normalized spacial score (nSPS) is 14.3. The second-order valence-electron chi connectivity index (χ2n) is 5.28. The minimum absolute atomic E-state index is 0.458. The molecule has 0 spiro atoms. The molecule has 0 aliphatic carbocycles. The molecule has 1 aromatic carbocycles. The van der Waals surface area contributed by atoms with Crippen molar-refractivity contribution >= 4 is 10.9 Å². The van der Waals surface area contributed by atoms with Crippen molar-refractivity contribution in [3.05, 3.63) is 60.0 Å². The van der Waals surface area contributed by atoms with Crippen molar-refractivity contribution < 1.29 is 5.11 Å². The van der Waals surface area contributed by atoms with E-state index < -0.39 is 5.60 Å². The first-order chi connectivity index (χ1) is 9.58. The van der Waals surface area contributed by atoms with Crippen LogP contribution >= 0.6 is 0 Å². The van der Waals surface area contributed by atoms with Gasteiger partial charge in [-0.15, -0.1) is 0 Å². The summed E-state index contributed by atoms with van der Waals surface area (Å²) < 4.78 is 1.85. The Labute approximate surface area is 117 Å². The van der Waals surface area contributed by atoms with Crippen LogP contribution in [0.5, 0.6) is 0 Å². The van der Waals surface area contributed by atoms with E-state index >= 15 is 0 Å². The maximum Gasteiger partial charge on any atom is 0.0939 e. The molecule has 0 bridgehead atoms. The Morgan fingerprint density at radius 2 is 2.00 bits per heavy atom. The standard InChI is InChI=1S/C16H17N3O/c1-16(20,12-6-5-9-17-11-12)10-14-13-7-3-4-8-15(13)19(2)18-14/h3-9,11,20H,10H2,1-2H3. The molecule has 0 saturated heterocycles. The minimum Gasteiger partial charge on any atom is -0.385 e. The Balaban J connectivity index is 2.01. The van der Waals surface area contributed by atoms with Crippen molar-refractivity contribution in [1.82, 2.24) is 14.8 Å². The molecule has 2 heterocycles. The highest BCUT2D eigenvalue weighted by molar-refractivity contribution is 5.81. The van der Waals surface area contributed by atoms with E-state index in [1.165, 1.54) is 0 Å². The number of hydrogen-bond donors (Lipinski definition) is 1. The first-order valence-electron chi connectivity index (χ1n) is 6.61. The Morgan fingerprint density at radius 3 is 2.75 bits per heavy atom. The Bertz CT molecular complexity index is 732. The van der Waals surface area contributed by atoms with Crippen LogP contribution in [-0.4, -0.2) is 19.9 Å². The fraction of sp³-hybridized carbons (Fsp3) is 0.250. The summed E-state index contributed by atoms with van der Waals surface area (Å²) in [6.07, 6.45) is 3.86. The average Bonchev–Trinajstić information content (AvgIpc) is 2.76. The number of aromatic nitrogens is 3. The molecule has 0 radical (unpaired) electrons. The lowest BCUT2D eigenvalue weighted by Crippen LogP contribution is -2.24. The van der Waals surface area contributed by atoms with E-state index in [0.717, 1.165) is 22.2 Å². The fourth-order valence-corrected chi connectivity index (χ4v) is 2.53. The molecule has 1 N–H and O–H groups in total. The van der Waals surface area contributed by atoms with Crippen molar-refractivity contribution in [2.75, 3.05) is 0 Å². The van der Waals surface area contributed by atoms with Crippen LogP contribution in [0.4, 0.5) is 0 Å². The van der Waals surface area contributed by atoms with Crippen LogP contribution < -0.4 is 0 Å². The summed E-state index contributed by atoms with van der Waals surface area (Å²) in [5.41, 5.74) is 1.79. The summed E-state index contributed by atoms with van der Waals surface area (Å²) in [4.78, 5) is 4.07. The van der Waals surface area contributed by atoms with Gasteiger partial charge in [-0.05, 0) is 19.1 Å². The fourth-order valence-electron chi connectivity index (χ4n) is 2.53. The van der Waals surface area contributed by atoms with Gasteiger partial charge < -0.3 is 5.11 Å². The maximum atomic E-state index is 10.7. The predicted molar refractivity (Wildman–Crippen MR) is 78.2 cm³/mol. The summed E-state index contributed by atoms with van der Waals surface area (Å²) in [6, 6.07) is 11.8. The highest BCUT2D eigenvalue weighted by Crippen LogP contribution is 2.27. The van der Waals surface area contributed by atoms with Crippen LogP contribution in [0.25, 0.3) is 10.9 Å². The molecule has 3 aromatic rings. The molecule has 2 aromatic heterocycles. The van der Waals surface area contributed by atoms with E-state index in [4.69, 9.17) is 0 Å². The van der Waals surface area contributed by atoms with Crippen LogP contribution in [0.15, 0.2) is 48.8 Å². The molecule has 0 saturated carbocycles. The smallest absolute Gasteiger partial charge is 0.0939 e. The molecule has 0 aliphatic heterocycles. The lowest BCUT2D eigenvalue weighted by molar-refractivity contribution is 0.0564. The number of para-hydroxylation sites is 1. The van der Waals surface area contributed by atoms with E-state index in [9.17, 15) is 5.11 Å². The zero-order valence-electron chi connectivity index (χ0n) is 11.6. The van der Waals surface area contributed by atoms with Crippen LogP contribution in [0.3, 0.4) is 0 Å². The molecule has 20 heavy (non-hydrogen) atoms. The SMILES string of the molecule is Cn1nc(CC(C)(O)c2cccnc2)c2ccccc21. The van der Waals surface area contributed by atoms with Gasteiger partial charge in [0.2, 0.25) is 0 Å². The van der Waals surface area contributed by atoms with Gasteiger partial charge in [-0.1, -0.05) is 24.3 Å². The van der Waals surface area contributed by atoms with Gasteiger partial charge >= 0.3 is 0 Å². The third kappa shape index (κ3) is 2.18. The number of pyridine rings is 1. The van der Waals surface area contributed by atoms with Gasteiger partial charge in [0, 0.05) is 36.8 Å². The van der Waals surface area contributed by atoms with Crippen molar-refractivity contribution in [3.63, 3.8) is 0 Å². The topological polar surface area (TPSA) is 50.9 Å². The summed E-state index contributed by atoms with van der Waals surface area (Å²) in [6.45, 7) is 1.80. The first-order valence-corrected chi connectivity index (χ1v) is 6.61. The number of nitrogens with zero attached hydrogens (tertiary/aromatic N) is 3. The molecular weight excluding hydrogens is 250 g/mol. The van der Waals surface area contributed by atoms with Crippen molar-refractivity contribution in [1.29, 1.82) is 0 Å². The molecule has 4 heteroatoms. The van der Waals surface area contributed by atoms with Gasteiger partial charge in [0.1, 0.15) is 0 Å². The lowest BCUT2D eigenvalue weighted by Gasteiger charge is -2.22. The van der Waals surface area contributed by atoms with E-state index in [0.29, 0.717) is 6.42 Å².